The lowest BCUT2D eigenvalue weighted by atomic mass is 9.95. The van der Waals surface area contributed by atoms with Crippen LogP contribution in [0.3, 0.4) is 0 Å². The largest absolute Gasteiger partial charge is 0.339 e. The van der Waals surface area contributed by atoms with Gasteiger partial charge in [-0.05, 0) is 51.6 Å². The molecule has 1 N–H and O–H groups in total. The average Bonchev–Trinajstić information content (AvgIpc) is 2.57. The number of rotatable bonds is 6. The molecular formula is C19H30N2O. The Labute approximate surface area is 135 Å². The smallest absolute Gasteiger partial charge is 0.227 e. The first-order valence-electron chi connectivity index (χ1n) is 8.72. The van der Waals surface area contributed by atoms with Gasteiger partial charge in [0.15, 0.2) is 0 Å². The third-order valence-electron chi connectivity index (χ3n) is 4.77. The first-order chi connectivity index (χ1) is 10.7. The van der Waals surface area contributed by atoms with E-state index in [9.17, 15) is 4.79 Å². The Morgan fingerprint density at radius 1 is 1.32 bits per heavy atom. The van der Waals surface area contributed by atoms with Crippen molar-refractivity contribution in [3.8, 4) is 0 Å². The van der Waals surface area contributed by atoms with Gasteiger partial charge < -0.3 is 10.2 Å². The Balaban J connectivity index is 2.05. The van der Waals surface area contributed by atoms with Gasteiger partial charge in [-0.15, -0.1) is 0 Å². The number of likely N-dealkylation sites (N-methyl/N-ethyl adjacent to an activating group) is 1. The van der Waals surface area contributed by atoms with Gasteiger partial charge in [-0.3, -0.25) is 4.79 Å². The van der Waals surface area contributed by atoms with Crippen molar-refractivity contribution in [1.82, 2.24) is 10.2 Å². The predicted octanol–water partition coefficient (Wildman–Crippen LogP) is 3.16. The molecule has 3 nitrogen and oxygen atoms in total. The molecule has 1 amide bonds. The fraction of sp³-hybridized carbons (Fsp3) is 0.632. The molecule has 1 fully saturated rings. The van der Waals surface area contributed by atoms with Crippen LogP contribution in [0, 0.1) is 12.8 Å². The Morgan fingerprint density at radius 2 is 2.05 bits per heavy atom. The predicted molar refractivity (Wildman–Crippen MR) is 91.9 cm³/mol. The lowest BCUT2D eigenvalue weighted by Crippen LogP contribution is -2.48. The van der Waals surface area contributed by atoms with Crippen molar-refractivity contribution < 1.29 is 4.79 Å². The molecule has 1 aromatic carbocycles. The van der Waals surface area contributed by atoms with E-state index >= 15 is 0 Å². The molecule has 0 bridgehead atoms. The van der Waals surface area contributed by atoms with Crippen LogP contribution in [0.2, 0.25) is 0 Å². The number of carbonyl (C=O) groups excluding carboxylic acids is 1. The maximum Gasteiger partial charge on any atom is 0.227 e. The molecule has 0 aliphatic carbocycles. The van der Waals surface area contributed by atoms with E-state index in [1.807, 2.05) is 0 Å². The molecule has 2 unspecified atom stereocenters. The van der Waals surface area contributed by atoms with E-state index in [1.54, 1.807) is 0 Å². The highest BCUT2D eigenvalue weighted by Crippen LogP contribution is 2.19. The molecule has 2 rings (SSSR count). The van der Waals surface area contributed by atoms with Crippen LogP contribution in [0.25, 0.3) is 0 Å². The zero-order chi connectivity index (χ0) is 15.9. The van der Waals surface area contributed by atoms with E-state index in [0.29, 0.717) is 11.9 Å². The average molecular weight is 302 g/mol. The minimum absolute atomic E-state index is 0.167. The number of amides is 1. The van der Waals surface area contributed by atoms with Crippen LogP contribution in [0.1, 0.15) is 44.2 Å². The molecular weight excluding hydrogens is 272 g/mol. The van der Waals surface area contributed by atoms with Crippen molar-refractivity contribution >= 4 is 5.91 Å². The van der Waals surface area contributed by atoms with Gasteiger partial charge >= 0.3 is 0 Å². The zero-order valence-corrected chi connectivity index (χ0v) is 14.3. The third-order valence-corrected chi connectivity index (χ3v) is 4.77. The fourth-order valence-electron chi connectivity index (χ4n) is 3.36. The Bertz CT molecular complexity index is 463. The highest BCUT2D eigenvalue weighted by Gasteiger charge is 2.28. The van der Waals surface area contributed by atoms with Crippen LogP contribution in [0.4, 0.5) is 0 Å². The molecule has 0 radical (unpaired) electrons. The van der Waals surface area contributed by atoms with Crippen LogP contribution in [0.15, 0.2) is 24.3 Å². The number of nitrogens with zero attached hydrogens (tertiary/aromatic N) is 1. The molecule has 1 aliphatic rings. The number of carbonyl (C=O) groups is 1. The van der Waals surface area contributed by atoms with Gasteiger partial charge in [0, 0.05) is 19.1 Å². The molecule has 3 heteroatoms. The molecule has 122 valence electrons. The Kier molecular flexibility index (Phi) is 6.44. The van der Waals surface area contributed by atoms with Crippen LogP contribution in [0.5, 0.6) is 0 Å². The molecule has 1 saturated heterocycles. The summed E-state index contributed by atoms with van der Waals surface area (Å²) >= 11 is 0. The van der Waals surface area contributed by atoms with Gasteiger partial charge in [0.25, 0.3) is 0 Å². The number of aryl methyl sites for hydroxylation is 1. The van der Waals surface area contributed by atoms with Crippen LogP contribution >= 0.6 is 0 Å². The van der Waals surface area contributed by atoms with Crippen LogP contribution in [-0.4, -0.2) is 36.5 Å². The van der Waals surface area contributed by atoms with Crippen LogP contribution < -0.4 is 5.32 Å². The van der Waals surface area contributed by atoms with Crippen molar-refractivity contribution in [3.63, 3.8) is 0 Å². The number of hydrogen-bond acceptors (Lipinski definition) is 2. The molecule has 1 aromatic rings. The first-order valence-corrected chi connectivity index (χ1v) is 8.72. The quantitative estimate of drug-likeness (QED) is 0.875. The van der Waals surface area contributed by atoms with E-state index in [-0.39, 0.29) is 5.92 Å². The van der Waals surface area contributed by atoms with Gasteiger partial charge in [-0.25, -0.2) is 0 Å². The first kappa shape index (κ1) is 17.0. The minimum atomic E-state index is 0.167. The van der Waals surface area contributed by atoms with Gasteiger partial charge in [0.2, 0.25) is 5.91 Å². The third kappa shape index (κ3) is 4.33. The SMILES string of the molecule is CCC(Cc1ccc(C)cc1)N(CC)C(=O)C1CCCNC1. The lowest BCUT2D eigenvalue weighted by molar-refractivity contribution is -0.138. The van der Waals surface area contributed by atoms with Gasteiger partial charge in [0.1, 0.15) is 0 Å². The van der Waals surface area contributed by atoms with Crippen LogP contribution in [-0.2, 0) is 11.2 Å². The van der Waals surface area contributed by atoms with E-state index < -0.39 is 0 Å². The molecule has 22 heavy (non-hydrogen) atoms. The van der Waals surface area contributed by atoms with Crippen molar-refractivity contribution in [2.75, 3.05) is 19.6 Å². The summed E-state index contributed by atoms with van der Waals surface area (Å²) in [5, 5.41) is 3.36. The van der Waals surface area contributed by atoms with Gasteiger partial charge in [-0.2, -0.15) is 0 Å². The second-order valence-electron chi connectivity index (χ2n) is 6.42. The standard InChI is InChI=1S/C19H30N2O/c1-4-18(13-16-10-8-15(3)9-11-16)21(5-2)19(22)17-7-6-12-20-14-17/h8-11,17-18,20H,4-7,12-14H2,1-3H3. The monoisotopic (exact) mass is 302 g/mol. The number of hydrogen-bond donors (Lipinski definition) is 1. The lowest BCUT2D eigenvalue weighted by Gasteiger charge is -2.34. The molecule has 1 heterocycles. The maximum absolute atomic E-state index is 12.9. The second-order valence-corrected chi connectivity index (χ2v) is 6.42. The van der Waals surface area contributed by atoms with E-state index in [2.05, 4.69) is 55.3 Å². The second kappa shape index (κ2) is 8.33. The summed E-state index contributed by atoms with van der Waals surface area (Å²) < 4.78 is 0. The summed E-state index contributed by atoms with van der Waals surface area (Å²) in [6.07, 6.45) is 4.11. The summed E-state index contributed by atoms with van der Waals surface area (Å²) in [6, 6.07) is 9.01. The van der Waals surface area contributed by atoms with E-state index in [1.165, 1.54) is 11.1 Å². The Morgan fingerprint density at radius 3 is 2.59 bits per heavy atom. The zero-order valence-electron chi connectivity index (χ0n) is 14.3. The Hall–Kier alpha value is -1.35. The number of piperidine rings is 1. The van der Waals surface area contributed by atoms with Crippen molar-refractivity contribution in [2.24, 2.45) is 5.92 Å². The van der Waals surface area contributed by atoms with E-state index in [4.69, 9.17) is 0 Å². The molecule has 0 aromatic heterocycles. The highest BCUT2D eigenvalue weighted by atomic mass is 16.2. The number of benzene rings is 1. The van der Waals surface area contributed by atoms with Crippen molar-refractivity contribution in [1.29, 1.82) is 0 Å². The maximum atomic E-state index is 12.9. The molecule has 2 atom stereocenters. The summed E-state index contributed by atoms with van der Waals surface area (Å²) in [7, 11) is 0. The molecule has 0 spiro atoms. The van der Waals surface area contributed by atoms with Crippen molar-refractivity contribution in [2.45, 2.75) is 52.5 Å². The molecule has 0 saturated carbocycles. The summed E-state index contributed by atoms with van der Waals surface area (Å²) in [6.45, 7) is 9.10. The topological polar surface area (TPSA) is 32.3 Å². The normalized spacial score (nSPS) is 19.7. The highest BCUT2D eigenvalue weighted by molar-refractivity contribution is 5.79. The number of nitrogens with one attached hydrogen (secondary N) is 1. The van der Waals surface area contributed by atoms with Crippen molar-refractivity contribution in [3.05, 3.63) is 35.4 Å². The summed E-state index contributed by atoms with van der Waals surface area (Å²) in [5.74, 6) is 0.509. The summed E-state index contributed by atoms with van der Waals surface area (Å²) in [5.41, 5.74) is 2.61. The van der Waals surface area contributed by atoms with Gasteiger partial charge in [0.05, 0.1) is 5.92 Å². The van der Waals surface area contributed by atoms with Gasteiger partial charge in [-0.1, -0.05) is 36.8 Å². The molecule has 1 aliphatic heterocycles. The van der Waals surface area contributed by atoms with E-state index in [0.717, 1.165) is 45.3 Å². The summed E-state index contributed by atoms with van der Waals surface area (Å²) in [4.78, 5) is 15.0. The fourth-order valence-corrected chi connectivity index (χ4v) is 3.36. The minimum Gasteiger partial charge on any atom is -0.339 e.